The van der Waals surface area contributed by atoms with Crippen LogP contribution in [0.15, 0.2) is 36.1 Å². The van der Waals surface area contributed by atoms with Crippen LogP contribution in [-0.2, 0) is 21.0 Å². The Hall–Kier alpha value is -3.79. The molecule has 3 N–H and O–H groups in total. The molecule has 242 valence electrons. The predicted molar refractivity (Wildman–Crippen MR) is 166 cm³/mol. The zero-order valence-corrected chi connectivity index (χ0v) is 26.6. The van der Waals surface area contributed by atoms with Crippen molar-refractivity contribution in [1.29, 1.82) is 0 Å². The van der Waals surface area contributed by atoms with Gasteiger partial charge in [-0.25, -0.2) is 19.0 Å². The summed E-state index contributed by atoms with van der Waals surface area (Å²) >= 11 is 1.22. The van der Waals surface area contributed by atoms with Gasteiger partial charge in [0.1, 0.15) is 28.1 Å². The first-order valence-corrected chi connectivity index (χ1v) is 15.3. The van der Waals surface area contributed by atoms with Crippen molar-refractivity contribution in [3.8, 4) is 22.0 Å². The van der Waals surface area contributed by atoms with Gasteiger partial charge in [0.05, 0.1) is 24.0 Å². The second-order valence-corrected chi connectivity index (χ2v) is 11.7. The van der Waals surface area contributed by atoms with Crippen molar-refractivity contribution in [2.24, 2.45) is 11.7 Å². The van der Waals surface area contributed by atoms with Crippen molar-refractivity contribution in [3.63, 3.8) is 0 Å². The number of thiazole rings is 1. The normalized spacial score (nSPS) is 17.1. The van der Waals surface area contributed by atoms with Gasteiger partial charge in [-0.3, -0.25) is 14.3 Å². The minimum Gasteiger partial charge on any atom is -0.441 e. The average Bonchev–Trinajstić information content (AvgIpc) is 3.77. The molecule has 1 amide bonds. The van der Waals surface area contributed by atoms with Gasteiger partial charge in [-0.05, 0) is 50.7 Å². The van der Waals surface area contributed by atoms with Crippen molar-refractivity contribution >= 4 is 41.3 Å². The van der Waals surface area contributed by atoms with Gasteiger partial charge in [-0.1, -0.05) is 13.8 Å². The van der Waals surface area contributed by atoms with Crippen LogP contribution < -0.4 is 11.1 Å². The number of carbonyl (C=O) groups is 2. The fourth-order valence-corrected chi connectivity index (χ4v) is 5.66. The number of halogens is 3. The van der Waals surface area contributed by atoms with Gasteiger partial charge in [0.2, 0.25) is 5.95 Å². The lowest BCUT2D eigenvalue weighted by atomic mass is 9.93. The van der Waals surface area contributed by atoms with Gasteiger partial charge >= 0.3 is 5.97 Å². The number of nitrogens with one attached hydrogen (secondary N) is 1. The number of aromatic nitrogens is 6. The van der Waals surface area contributed by atoms with Crippen LogP contribution in [0.25, 0.3) is 22.0 Å². The largest absolute Gasteiger partial charge is 0.441 e. The van der Waals surface area contributed by atoms with Crippen LogP contribution in [0.4, 0.5) is 14.5 Å². The van der Waals surface area contributed by atoms with Crippen LogP contribution >= 0.6 is 23.7 Å². The molecule has 1 atom stereocenters. The second kappa shape index (κ2) is 15.0. The summed E-state index contributed by atoms with van der Waals surface area (Å²) in [4.78, 5) is 33.5. The number of amides is 1. The number of ether oxygens (including phenoxy) is 2. The molecule has 4 heterocycles. The molecule has 0 saturated heterocycles. The monoisotopic (exact) mass is 664 g/mol. The Morgan fingerprint density at radius 3 is 2.60 bits per heavy atom. The topological polar surface area (TPSA) is 152 Å². The number of carbonyl (C=O) groups excluding carboxylic acids is 2. The molecule has 4 aromatic heterocycles. The number of pyridine rings is 1. The molecule has 0 aliphatic heterocycles. The molecule has 0 spiro atoms. The van der Waals surface area contributed by atoms with Gasteiger partial charge in [0.25, 0.3) is 5.91 Å². The predicted octanol–water partition coefficient (Wildman–Crippen LogP) is 5.22. The lowest BCUT2D eigenvalue weighted by molar-refractivity contribution is -0.150. The molecule has 12 nitrogen and oxygen atoms in total. The van der Waals surface area contributed by atoms with Crippen LogP contribution in [0.3, 0.4) is 0 Å². The summed E-state index contributed by atoms with van der Waals surface area (Å²) in [5.74, 6) is -2.79. The number of esters is 1. The van der Waals surface area contributed by atoms with E-state index in [1.165, 1.54) is 22.2 Å². The molecule has 1 aliphatic carbocycles. The molecular weight excluding hydrogens is 630 g/mol. The number of nitrogens with zero attached hydrogens (tertiary/aromatic N) is 6. The molecule has 1 aliphatic rings. The zero-order valence-electron chi connectivity index (χ0n) is 25.0. The lowest BCUT2D eigenvalue weighted by Crippen LogP contribution is -2.37. The standard InChI is InChI=1S/C29H34F2N8O4S.ClH/c1-4-42-19-7-5-18(6-8-19)39-13-21(26(37-39)25-20(30)9-10-23(31)36-25)34-27(40)22-14-44-28(35-22)17-11-33-38(12-17)15-43-29(41)24(32)16(2)3;/h9-14,16,18-19,24H,4-8,15,32H2,1-3H3,(H,34,40);1H/t18?,19?,24-;/m0./s1. The highest BCUT2D eigenvalue weighted by Gasteiger charge is 2.27. The SMILES string of the molecule is CCOC1CCC(n2cc(NC(=O)c3csc(-c4cnn(COC(=O)[C@@H](N)C(C)C)c4)n3)c(-c3nc(F)ccc3F)n2)CC1.Cl. The van der Waals surface area contributed by atoms with Gasteiger partial charge < -0.3 is 20.5 Å². The number of anilines is 1. The Balaban J connectivity index is 0.00000461. The van der Waals surface area contributed by atoms with Crippen molar-refractivity contribution in [2.45, 2.75) is 71.4 Å². The van der Waals surface area contributed by atoms with Crippen molar-refractivity contribution in [1.82, 2.24) is 29.5 Å². The van der Waals surface area contributed by atoms with Gasteiger partial charge in [0, 0.05) is 29.9 Å². The third-order valence-electron chi connectivity index (χ3n) is 7.38. The quantitative estimate of drug-likeness (QED) is 0.162. The number of hydrogen-bond donors (Lipinski definition) is 2. The molecule has 45 heavy (non-hydrogen) atoms. The van der Waals surface area contributed by atoms with Gasteiger partial charge in [0.15, 0.2) is 12.5 Å². The lowest BCUT2D eigenvalue weighted by Gasteiger charge is -2.28. The van der Waals surface area contributed by atoms with Crippen molar-refractivity contribution < 1.29 is 27.8 Å². The summed E-state index contributed by atoms with van der Waals surface area (Å²) in [7, 11) is 0. The molecule has 0 aromatic carbocycles. The fourth-order valence-electron chi connectivity index (χ4n) is 4.88. The first-order valence-electron chi connectivity index (χ1n) is 14.4. The van der Waals surface area contributed by atoms with Crippen LogP contribution in [0.5, 0.6) is 0 Å². The molecule has 0 bridgehead atoms. The maximum atomic E-state index is 14.8. The van der Waals surface area contributed by atoms with E-state index in [4.69, 9.17) is 15.2 Å². The smallest absolute Gasteiger partial charge is 0.324 e. The number of rotatable bonds is 11. The summed E-state index contributed by atoms with van der Waals surface area (Å²) < 4.78 is 42.9. The molecule has 5 rings (SSSR count). The molecule has 0 unspecified atom stereocenters. The highest BCUT2D eigenvalue weighted by atomic mass is 35.5. The van der Waals surface area contributed by atoms with E-state index in [1.807, 2.05) is 20.8 Å². The van der Waals surface area contributed by atoms with Gasteiger partial charge in [-0.2, -0.15) is 14.6 Å². The summed E-state index contributed by atoms with van der Waals surface area (Å²) in [5, 5.41) is 13.6. The second-order valence-electron chi connectivity index (χ2n) is 10.8. The third kappa shape index (κ3) is 8.09. The van der Waals surface area contributed by atoms with Crippen LogP contribution in [-0.4, -0.2) is 60.2 Å². The molecule has 4 aromatic rings. The highest BCUT2D eigenvalue weighted by Crippen LogP contribution is 2.34. The summed E-state index contributed by atoms with van der Waals surface area (Å²) in [6, 6.07) is 1.16. The Bertz CT molecular complexity index is 1620. The molecule has 16 heteroatoms. The van der Waals surface area contributed by atoms with Crippen LogP contribution in [0, 0.1) is 17.7 Å². The zero-order chi connectivity index (χ0) is 31.4. The summed E-state index contributed by atoms with van der Waals surface area (Å²) in [6.07, 6.45) is 8.22. The minimum atomic E-state index is -0.868. The highest BCUT2D eigenvalue weighted by molar-refractivity contribution is 7.13. The Labute approximate surface area is 268 Å². The van der Waals surface area contributed by atoms with E-state index in [0.29, 0.717) is 17.2 Å². The van der Waals surface area contributed by atoms with E-state index in [-0.39, 0.29) is 60.0 Å². The molecule has 0 radical (unpaired) electrons. The summed E-state index contributed by atoms with van der Waals surface area (Å²) in [6.45, 7) is 6.14. The third-order valence-corrected chi connectivity index (χ3v) is 8.27. The van der Waals surface area contributed by atoms with E-state index in [9.17, 15) is 18.4 Å². The number of nitrogens with two attached hydrogens (primary N) is 1. The van der Waals surface area contributed by atoms with E-state index in [1.54, 1.807) is 22.5 Å². The average molecular weight is 665 g/mol. The Morgan fingerprint density at radius 2 is 1.89 bits per heavy atom. The van der Waals surface area contributed by atoms with E-state index in [0.717, 1.165) is 37.8 Å². The Morgan fingerprint density at radius 1 is 1.13 bits per heavy atom. The van der Waals surface area contributed by atoms with Gasteiger partial charge in [-0.15, -0.1) is 23.7 Å². The maximum absolute atomic E-state index is 14.8. The molecule has 1 fully saturated rings. The summed E-state index contributed by atoms with van der Waals surface area (Å²) in [5.41, 5.74) is 6.44. The van der Waals surface area contributed by atoms with Crippen LogP contribution in [0.1, 0.15) is 63.0 Å². The maximum Gasteiger partial charge on any atom is 0.324 e. The Kier molecular flexibility index (Phi) is 11.4. The first kappa shape index (κ1) is 34.1. The van der Waals surface area contributed by atoms with E-state index >= 15 is 0 Å². The van der Waals surface area contributed by atoms with Crippen molar-refractivity contribution in [2.75, 3.05) is 11.9 Å². The fraction of sp³-hybridized carbons (Fsp3) is 0.448. The van der Waals surface area contributed by atoms with E-state index in [2.05, 4.69) is 25.5 Å². The molecular formula is C29H35ClF2N8O4S. The first-order chi connectivity index (χ1) is 21.1. The minimum absolute atomic E-state index is 0. The molecule has 1 saturated carbocycles. The number of hydrogen-bond acceptors (Lipinski definition) is 10. The van der Waals surface area contributed by atoms with E-state index < -0.39 is 29.7 Å². The van der Waals surface area contributed by atoms with Crippen molar-refractivity contribution in [3.05, 3.63) is 53.6 Å². The van der Waals surface area contributed by atoms with Crippen LogP contribution in [0.2, 0.25) is 0 Å².